The average Bonchev–Trinajstić information content (AvgIpc) is 2.95. The largest absolute Gasteiger partial charge is 0.368 e. The number of aromatic nitrogens is 2. The summed E-state index contributed by atoms with van der Waals surface area (Å²) in [4.78, 5) is 26.8. The van der Waals surface area contributed by atoms with Crippen LogP contribution in [0.2, 0.25) is 0 Å². The second-order valence-electron chi connectivity index (χ2n) is 6.81. The van der Waals surface area contributed by atoms with E-state index in [0.29, 0.717) is 0 Å². The number of fused-ring (bicyclic) bond motifs is 1. The summed E-state index contributed by atoms with van der Waals surface area (Å²) >= 11 is 1.73. The molecule has 0 aliphatic carbocycles. The van der Waals surface area contributed by atoms with E-state index in [1.54, 1.807) is 23.5 Å². The number of hydrogen-bond donors (Lipinski definition) is 0. The molecule has 0 atom stereocenters. The molecule has 8 heteroatoms. The Hall–Kier alpha value is -2.74. The number of aryl methyl sites for hydroxylation is 3. The Kier molecular flexibility index (Phi) is 4.43. The van der Waals surface area contributed by atoms with Crippen LogP contribution in [-0.2, 0) is 0 Å². The van der Waals surface area contributed by atoms with Gasteiger partial charge in [-0.15, -0.1) is 11.3 Å². The van der Waals surface area contributed by atoms with Gasteiger partial charge in [-0.25, -0.2) is 9.97 Å². The Morgan fingerprint density at radius 2 is 1.63 bits per heavy atom. The highest BCUT2D eigenvalue weighted by molar-refractivity contribution is 7.18. The fraction of sp³-hybridized carbons (Fsp3) is 0.368. The minimum absolute atomic E-state index is 0.125. The zero-order valence-corrected chi connectivity index (χ0v) is 16.4. The van der Waals surface area contributed by atoms with Crippen LogP contribution in [0.3, 0.4) is 0 Å². The molecule has 1 aromatic carbocycles. The van der Waals surface area contributed by atoms with Crippen LogP contribution in [0, 0.1) is 30.9 Å². The SMILES string of the molecule is Cc1nc(N2CCN(c3ccc([N+](=O)[O-])cc3)CC2)c2c(C)c(C)sc2n1. The Labute approximate surface area is 161 Å². The number of anilines is 2. The van der Waals surface area contributed by atoms with Crippen molar-refractivity contribution in [2.45, 2.75) is 20.8 Å². The molecule has 0 bridgehead atoms. The minimum Gasteiger partial charge on any atom is -0.368 e. The zero-order chi connectivity index (χ0) is 19.1. The third-order valence-corrected chi connectivity index (χ3v) is 6.23. The molecule has 0 unspecified atom stereocenters. The number of hydrogen-bond acceptors (Lipinski definition) is 7. The molecule has 4 rings (SSSR count). The highest BCUT2D eigenvalue weighted by atomic mass is 32.1. The lowest BCUT2D eigenvalue weighted by Crippen LogP contribution is -2.47. The summed E-state index contributed by atoms with van der Waals surface area (Å²) in [5.41, 5.74) is 2.41. The van der Waals surface area contributed by atoms with Crippen LogP contribution in [0.25, 0.3) is 10.2 Å². The van der Waals surface area contributed by atoms with E-state index < -0.39 is 0 Å². The fourth-order valence-corrected chi connectivity index (χ4v) is 4.59. The molecular weight excluding hydrogens is 362 g/mol. The van der Waals surface area contributed by atoms with Crippen molar-refractivity contribution in [3.63, 3.8) is 0 Å². The molecule has 1 saturated heterocycles. The van der Waals surface area contributed by atoms with E-state index in [0.717, 1.165) is 48.3 Å². The smallest absolute Gasteiger partial charge is 0.269 e. The van der Waals surface area contributed by atoms with Crippen LogP contribution < -0.4 is 9.80 Å². The Morgan fingerprint density at radius 3 is 2.26 bits per heavy atom. The second kappa shape index (κ2) is 6.77. The number of thiophene rings is 1. The van der Waals surface area contributed by atoms with Gasteiger partial charge in [-0.2, -0.15) is 0 Å². The lowest BCUT2D eigenvalue weighted by molar-refractivity contribution is -0.384. The number of nitro benzene ring substituents is 1. The quantitative estimate of drug-likeness (QED) is 0.505. The van der Waals surface area contributed by atoms with E-state index in [2.05, 4.69) is 28.6 Å². The van der Waals surface area contributed by atoms with E-state index in [1.807, 2.05) is 19.1 Å². The number of rotatable bonds is 3. The van der Waals surface area contributed by atoms with Crippen molar-refractivity contribution in [3.05, 3.63) is 50.6 Å². The molecular formula is C19H21N5O2S. The first kappa shape index (κ1) is 17.7. The van der Waals surface area contributed by atoms with Gasteiger partial charge in [0, 0.05) is 48.9 Å². The van der Waals surface area contributed by atoms with Crippen LogP contribution in [0.5, 0.6) is 0 Å². The molecule has 1 aliphatic rings. The predicted octanol–water partition coefficient (Wildman–Crippen LogP) is 3.85. The van der Waals surface area contributed by atoms with E-state index in [9.17, 15) is 10.1 Å². The standard InChI is InChI=1S/C19H21N5O2S/c1-12-13(2)27-19-17(12)18(20-14(3)21-19)23-10-8-22(9-11-23)15-4-6-16(7-5-15)24(25)26/h4-7H,8-11H2,1-3H3. The van der Waals surface area contributed by atoms with E-state index >= 15 is 0 Å². The van der Waals surface area contributed by atoms with Crippen LogP contribution in [-0.4, -0.2) is 41.1 Å². The molecule has 3 heterocycles. The van der Waals surface area contributed by atoms with Crippen molar-refractivity contribution in [1.82, 2.24) is 9.97 Å². The number of nitro groups is 1. The third-order valence-electron chi connectivity index (χ3n) is 5.13. The van der Waals surface area contributed by atoms with E-state index in [1.165, 1.54) is 15.8 Å². The van der Waals surface area contributed by atoms with Gasteiger partial charge in [-0.1, -0.05) is 0 Å². The summed E-state index contributed by atoms with van der Waals surface area (Å²) in [6.07, 6.45) is 0. The van der Waals surface area contributed by atoms with Crippen molar-refractivity contribution in [3.8, 4) is 0 Å². The van der Waals surface area contributed by atoms with Crippen molar-refractivity contribution in [2.75, 3.05) is 36.0 Å². The van der Waals surface area contributed by atoms with E-state index in [-0.39, 0.29) is 10.6 Å². The molecule has 27 heavy (non-hydrogen) atoms. The van der Waals surface area contributed by atoms with Gasteiger partial charge in [0.2, 0.25) is 0 Å². The molecule has 1 aliphatic heterocycles. The van der Waals surface area contributed by atoms with Crippen molar-refractivity contribution in [1.29, 1.82) is 0 Å². The molecule has 0 radical (unpaired) electrons. The normalized spacial score (nSPS) is 14.8. The number of benzene rings is 1. The molecule has 0 spiro atoms. The van der Waals surface area contributed by atoms with Crippen LogP contribution in [0.15, 0.2) is 24.3 Å². The van der Waals surface area contributed by atoms with Crippen molar-refractivity contribution in [2.24, 2.45) is 0 Å². The van der Waals surface area contributed by atoms with Crippen molar-refractivity contribution < 1.29 is 4.92 Å². The van der Waals surface area contributed by atoms with Gasteiger partial charge in [0.05, 0.1) is 10.3 Å². The number of piperazine rings is 1. The summed E-state index contributed by atoms with van der Waals surface area (Å²) in [5.74, 6) is 1.83. The average molecular weight is 383 g/mol. The maximum atomic E-state index is 10.8. The monoisotopic (exact) mass is 383 g/mol. The van der Waals surface area contributed by atoms with Crippen LogP contribution in [0.4, 0.5) is 17.2 Å². The van der Waals surface area contributed by atoms with Gasteiger partial charge in [0.15, 0.2) is 0 Å². The third kappa shape index (κ3) is 3.21. The zero-order valence-electron chi connectivity index (χ0n) is 15.6. The topological polar surface area (TPSA) is 75.4 Å². The number of nitrogens with zero attached hydrogens (tertiary/aromatic N) is 5. The summed E-state index contributed by atoms with van der Waals surface area (Å²) in [6, 6.07) is 6.79. The van der Waals surface area contributed by atoms with E-state index in [4.69, 9.17) is 4.98 Å². The molecule has 0 N–H and O–H groups in total. The lowest BCUT2D eigenvalue weighted by Gasteiger charge is -2.37. The summed E-state index contributed by atoms with van der Waals surface area (Å²) < 4.78 is 0. The summed E-state index contributed by atoms with van der Waals surface area (Å²) in [7, 11) is 0. The molecule has 140 valence electrons. The summed E-state index contributed by atoms with van der Waals surface area (Å²) in [5, 5.41) is 12.0. The van der Waals surface area contributed by atoms with Gasteiger partial charge in [0.25, 0.3) is 5.69 Å². The first-order chi connectivity index (χ1) is 12.9. The Morgan fingerprint density at radius 1 is 1.00 bits per heavy atom. The molecule has 0 saturated carbocycles. The molecule has 3 aromatic rings. The highest BCUT2D eigenvalue weighted by Crippen LogP contribution is 2.35. The molecule has 0 amide bonds. The van der Waals surface area contributed by atoms with Crippen LogP contribution >= 0.6 is 11.3 Å². The first-order valence-corrected chi connectivity index (χ1v) is 9.74. The van der Waals surface area contributed by atoms with Crippen LogP contribution in [0.1, 0.15) is 16.3 Å². The highest BCUT2D eigenvalue weighted by Gasteiger charge is 2.23. The van der Waals surface area contributed by atoms with Crippen molar-refractivity contribution >= 4 is 38.7 Å². The molecule has 7 nitrogen and oxygen atoms in total. The van der Waals surface area contributed by atoms with Gasteiger partial charge in [0.1, 0.15) is 16.5 Å². The minimum atomic E-state index is -0.365. The Bertz CT molecular complexity index is 1010. The molecule has 2 aromatic heterocycles. The maximum Gasteiger partial charge on any atom is 0.269 e. The molecule has 1 fully saturated rings. The van der Waals surface area contributed by atoms with Gasteiger partial charge >= 0.3 is 0 Å². The second-order valence-corrected chi connectivity index (χ2v) is 8.01. The van der Waals surface area contributed by atoms with Gasteiger partial charge in [-0.05, 0) is 38.5 Å². The van der Waals surface area contributed by atoms with Gasteiger partial charge in [-0.3, -0.25) is 10.1 Å². The summed E-state index contributed by atoms with van der Waals surface area (Å²) in [6.45, 7) is 9.64. The first-order valence-electron chi connectivity index (χ1n) is 8.92. The lowest BCUT2D eigenvalue weighted by atomic mass is 10.2. The maximum absolute atomic E-state index is 10.8. The van der Waals surface area contributed by atoms with Gasteiger partial charge < -0.3 is 9.80 Å². The predicted molar refractivity (Wildman–Crippen MR) is 109 cm³/mol. The number of non-ortho nitro benzene ring substituents is 1. The Balaban J connectivity index is 1.56. The fourth-order valence-electron chi connectivity index (χ4n) is 3.52.